The van der Waals surface area contributed by atoms with Crippen molar-refractivity contribution in [3.05, 3.63) is 70.3 Å². The lowest BCUT2D eigenvalue weighted by Crippen LogP contribution is -2.12. The lowest BCUT2D eigenvalue weighted by Gasteiger charge is -2.02. The van der Waals surface area contributed by atoms with E-state index in [1.807, 2.05) is 66.9 Å². The minimum Gasteiger partial charge on any atom is -0.454 e. The molecular weight excluding hydrogens is 384 g/mol. The number of anilines is 1. The monoisotopic (exact) mass is 404 g/mol. The number of furan rings is 1. The van der Waals surface area contributed by atoms with Crippen molar-refractivity contribution in [2.45, 2.75) is 13.8 Å². The summed E-state index contributed by atoms with van der Waals surface area (Å²) in [5.74, 6) is 0.653. The number of para-hydroxylation sites is 1. The predicted molar refractivity (Wildman–Crippen MR) is 117 cm³/mol. The third-order valence-electron chi connectivity index (χ3n) is 4.21. The zero-order valence-electron chi connectivity index (χ0n) is 16.1. The summed E-state index contributed by atoms with van der Waals surface area (Å²) in [4.78, 5) is 16.5. The average Bonchev–Trinajstić information content (AvgIpc) is 3.31. The SMILES string of the molecule is CCN=c1scc(-c2cc3ccccc3o2)n1/N=C\c1ccc(NC(C)=O)cc1. The van der Waals surface area contributed by atoms with Gasteiger partial charge < -0.3 is 9.73 Å². The summed E-state index contributed by atoms with van der Waals surface area (Å²) in [6, 6.07) is 17.4. The highest BCUT2D eigenvalue weighted by molar-refractivity contribution is 7.07. The molecule has 0 aliphatic heterocycles. The summed E-state index contributed by atoms with van der Waals surface area (Å²) in [5.41, 5.74) is 3.36. The van der Waals surface area contributed by atoms with Crippen molar-refractivity contribution in [3.63, 3.8) is 0 Å². The van der Waals surface area contributed by atoms with Crippen molar-refractivity contribution in [1.29, 1.82) is 0 Å². The third kappa shape index (κ3) is 4.20. The highest BCUT2D eigenvalue weighted by Gasteiger charge is 2.12. The van der Waals surface area contributed by atoms with Crippen LogP contribution in [0.3, 0.4) is 0 Å². The molecule has 146 valence electrons. The topological polar surface area (TPSA) is 71.9 Å². The van der Waals surface area contributed by atoms with Crippen molar-refractivity contribution in [2.75, 3.05) is 11.9 Å². The second kappa shape index (κ2) is 8.28. The maximum Gasteiger partial charge on any atom is 0.221 e. The Bertz CT molecular complexity index is 1210. The smallest absolute Gasteiger partial charge is 0.221 e. The molecule has 0 aliphatic carbocycles. The molecule has 2 aromatic heterocycles. The fraction of sp³-hybridized carbons (Fsp3) is 0.136. The number of benzene rings is 2. The quantitative estimate of drug-likeness (QED) is 0.489. The first kappa shape index (κ1) is 18.9. The molecule has 4 aromatic rings. The first-order valence-electron chi connectivity index (χ1n) is 9.26. The maximum atomic E-state index is 11.2. The number of nitrogens with one attached hydrogen (secondary N) is 1. The van der Waals surface area contributed by atoms with E-state index in [1.165, 1.54) is 18.3 Å². The molecule has 0 fully saturated rings. The van der Waals surface area contributed by atoms with Crippen LogP contribution in [0.2, 0.25) is 0 Å². The van der Waals surface area contributed by atoms with E-state index >= 15 is 0 Å². The van der Waals surface area contributed by atoms with Gasteiger partial charge >= 0.3 is 0 Å². The molecule has 29 heavy (non-hydrogen) atoms. The Morgan fingerprint density at radius 2 is 2.00 bits per heavy atom. The van der Waals surface area contributed by atoms with Crippen LogP contribution in [0.4, 0.5) is 5.69 Å². The normalized spacial score (nSPS) is 12.1. The van der Waals surface area contributed by atoms with E-state index < -0.39 is 0 Å². The number of nitrogens with zero attached hydrogens (tertiary/aromatic N) is 3. The van der Waals surface area contributed by atoms with E-state index in [9.17, 15) is 4.79 Å². The molecule has 1 N–H and O–H groups in total. The van der Waals surface area contributed by atoms with E-state index in [4.69, 9.17) is 4.42 Å². The molecule has 2 aromatic carbocycles. The molecule has 6 nitrogen and oxygen atoms in total. The number of fused-ring (bicyclic) bond motifs is 1. The molecule has 0 aliphatic rings. The van der Waals surface area contributed by atoms with Gasteiger partial charge in [-0.15, -0.1) is 11.3 Å². The van der Waals surface area contributed by atoms with Crippen LogP contribution in [-0.4, -0.2) is 23.3 Å². The highest BCUT2D eigenvalue weighted by atomic mass is 32.1. The highest BCUT2D eigenvalue weighted by Crippen LogP contribution is 2.28. The molecular formula is C22H20N4O2S. The van der Waals surface area contributed by atoms with Crippen LogP contribution in [0.1, 0.15) is 19.4 Å². The second-order valence-corrected chi connectivity index (χ2v) is 7.22. The van der Waals surface area contributed by atoms with Gasteiger partial charge in [-0.05, 0) is 36.8 Å². The van der Waals surface area contributed by atoms with Crippen molar-refractivity contribution < 1.29 is 9.21 Å². The van der Waals surface area contributed by atoms with Gasteiger partial charge in [0.25, 0.3) is 0 Å². The molecule has 0 saturated carbocycles. The number of thiazole rings is 1. The standard InChI is InChI=1S/C22H20N4O2S/c1-3-23-22-26(24-13-16-8-10-18(11-9-16)25-15(2)27)19(14-29-22)21-12-17-6-4-5-7-20(17)28-21/h4-14H,3H2,1-2H3,(H,25,27)/b23-22?,24-13-. The largest absolute Gasteiger partial charge is 0.454 e. The van der Waals surface area contributed by atoms with Gasteiger partial charge in [-0.2, -0.15) is 5.10 Å². The van der Waals surface area contributed by atoms with E-state index in [-0.39, 0.29) is 5.91 Å². The van der Waals surface area contributed by atoms with Crippen LogP contribution in [-0.2, 0) is 4.79 Å². The van der Waals surface area contributed by atoms with Crippen LogP contribution < -0.4 is 10.1 Å². The van der Waals surface area contributed by atoms with Crippen molar-refractivity contribution >= 4 is 40.1 Å². The first-order chi connectivity index (χ1) is 14.1. The van der Waals surface area contributed by atoms with E-state index in [0.717, 1.165) is 38.5 Å². The van der Waals surface area contributed by atoms with Crippen LogP contribution in [0.15, 0.2) is 74.5 Å². The van der Waals surface area contributed by atoms with Gasteiger partial charge in [-0.3, -0.25) is 9.79 Å². The van der Waals surface area contributed by atoms with Gasteiger partial charge in [0.15, 0.2) is 5.76 Å². The van der Waals surface area contributed by atoms with Gasteiger partial charge in [0.05, 0.1) is 6.21 Å². The molecule has 0 unspecified atom stereocenters. The summed E-state index contributed by atoms with van der Waals surface area (Å²) >= 11 is 1.52. The number of amides is 1. The Balaban J connectivity index is 1.70. The minimum atomic E-state index is -0.0958. The summed E-state index contributed by atoms with van der Waals surface area (Å²) < 4.78 is 7.82. The van der Waals surface area contributed by atoms with Gasteiger partial charge in [0.2, 0.25) is 10.7 Å². The van der Waals surface area contributed by atoms with Crippen LogP contribution in [0.5, 0.6) is 0 Å². The van der Waals surface area contributed by atoms with E-state index in [0.29, 0.717) is 6.54 Å². The molecule has 4 rings (SSSR count). The average molecular weight is 404 g/mol. The zero-order valence-corrected chi connectivity index (χ0v) is 16.9. The van der Waals surface area contributed by atoms with Crippen LogP contribution in [0, 0.1) is 0 Å². The minimum absolute atomic E-state index is 0.0958. The Labute approximate surface area is 171 Å². The fourth-order valence-electron chi connectivity index (χ4n) is 2.91. The second-order valence-electron chi connectivity index (χ2n) is 6.39. The van der Waals surface area contributed by atoms with Crippen molar-refractivity contribution in [3.8, 4) is 11.5 Å². The van der Waals surface area contributed by atoms with Crippen LogP contribution in [0.25, 0.3) is 22.4 Å². The van der Waals surface area contributed by atoms with Crippen molar-refractivity contribution in [2.24, 2.45) is 10.1 Å². The van der Waals surface area contributed by atoms with E-state index in [2.05, 4.69) is 15.4 Å². The van der Waals surface area contributed by atoms with Gasteiger partial charge in [0, 0.05) is 29.9 Å². The fourth-order valence-corrected chi connectivity index (χ4v) is 3.80. The number of hydrogen-bond acceptors (Lipinski definition) is 5. The predicted octanol–water partition coefficient (Wildman–Crippen LogP) is 4.72. The van der Waals surface area contributed by atoms with Gasteiger partial charge in [0.1, 0.15) is 11.3 Å². The number of carbonyl (C=O) groups excluding carboxylic acids is 1. The Hall–Kier alpha value is -3.45. The number of carbonyl (C=O) groups is 1. The molecule has 0 saturated heterocycles. The van der Waals surface area contributed by atoms with E-state index in [1.54, 1.807) is 10.9 Å². The molecule has 0 bridgehead atoms. The lowest BCUT2D eigenvalue weighted by molar-refractivity contribution is -0.114. The molecule has 0 spiro atoms. The molecule has 7 heteroatoms. The first-order valence-corrected chi connectivity index (χ1v) is 10.1. The van der Waals surface area contributed by atoms with Gasteiger partial charge in [-0.1, -0.05) is 30.3 Å². The summed E-state index contributed by atoms with van der Waals surface area (Å²) in [6.07, 6.45) is 1.77. The summed E-state index contributed by atoms with van der Waals surface area (Å²) in [5, 5.41) is 10.5. The summed E-state index contributed by atoms with van der Waals surface area (Å²) in [6.45, 7) is 4.15. The van der Waals surface area contributed by atoms with Gasteiger partial charge in [-0.25, -0.2) is 4.68 Å². The zero-order chi connectivity index (χ0) is 20.2. The number of hydrogen-bond donors (Lipinski definition) is 1. The maximum absolute atomic E-state index is 11.2. The van der Waals surface area contributed by atoms with Crippen molar-refractivity contribution in [1.82, 2.24) is 4.68 Å². The molecule has 0 radical (unpaired) electrons. The Morgan fingerprint density at radius 1 is 1.21 bits per heavy atom. The number of aromatic nitrogens is 1. The lowest BCUT2D eigenvalue weighted by atomic mass is 10.2. The molecule has 1 amide bonds. The Morgan fingerprint density at radius 3 is 2.72 bits per heavy atom. The third-order valence-corrected chi connectivity index (χ3v) is 5.06. The summed E-state index contributed by atoms with van der Waals surface area (Å²) in [7, 11) is 0. The Kier molecular flexibility index (Phi) is 5.39. The molecule has 0 atom stereocenters. The number of rotatable bonds is 5. The molecule has 2 heterocycles. The van der Waals surface area contributed by atoms with Crippen LogP contribution >= 0.6 is 11.3 Å².